The fourth-order valence-electron chi connectivity index (χ4n) is 1.87. The Morgan fingerprint density at radius 2 is 2.10 bits per heavy atom. The normalized spacial score (nSPS) is 12.1. The van der Waals surface area contributed by atoms with E-state index < -0.39 is 6.10 Å². The predicted octanol–water partition coefficient (Wildman–Crippen LogP) is 3.02. The number of thiophene rings is 1. The third-order valence-electron chi connectivity index (χ3n) is 2.94. The van der Waals surface area contributed by atoms with Crippen molar-refractivity contribution in [3.8, 4) is 11.5 Å². The molecule has 0 fully saturated rings. The van der Waals surface area contributed by atoms with Crippen molar-refractivity contribution in [2.45, 2.75) is 19.6 Å². The average Bonchev–Trinajstić information content (AvgIpc) is 2.98. The van der Waals surface area contributed by atoms with Gasteiger partial charge in [-0.25, -0.2) is 0 Å². The molecular weight excluding hydrogens is 288 g/mol. The van der Waals surface area contributed by atoms with E-state index in [1.165, 1.54) is 0 Å². The van der Waals surface area contributed by atoms with Crippen molar-refractivity contribution < 1.29 is 19.3 Å². The van der Waals surface area contributed by atoms with Crippen LogP contribution in [-0.2, 0) is 11.3 Å². The Hall–Kier alpha value is -1.56. The van der Waals surface area contributed by atoms with Crippen molar-refractivity contribution in [2.75, 3.05) is 20.3 Å². The summed E-state index contributed by atoms with van der Waals surface area (Å²) >= 11 is 1.64. The van der Waals surface area contributed by atoms with Gasteiger partial charge in [-0.2, -0.15) is 0 Å². The van der Waals surface area contributed by atoms with Gasteiger partial charge in [-0.1, -0.05) is 6.07 Å². The Morgan fingerprint density at radius 1 is 1.24 bits per heavy atom. The summed E-state index contributed by atoms with van der Waals surface area (Å²) in [6.07, 6.45) is -0.646. The van der Waals surface area contributed by atoms with Gasteiger partial charge in [0.25, 0.3) is 0 Å². The molecule has 0 amide bonds. The largest absolute Gasteiger partial charge is 0.496 e. The zero-order chi connectivity index (χ0) is 15.1. The first-order valence-corrected chi connectivity index (χ1v) is 7.62. The summed E-state index contributed by atoms with van der Waals surface area (Å²) in [5, 5.41) is 11.8. The lowest BCUT2D eigenvalue weighted by Crippen LogP contribution is -2.23. The Labute approximate surface area is 128 Å². The molecule has 114 valence electrons. The van der Waals surface area contributed by atoms with E-state index in [1.54, 1.807) is 18.4 Å². The Bertz CT molecular complexity index is 539. The third kappa shape index (κ3) is 5.04. The number of hydrogen-bond acceptors (Lipinski definition) is 5. The molecule has 1 atom stereocenters. The van der Waals surface area contributed by atoms with Crippen molar-refractivity contribution in [3.63, 3.8) is 0 Å². The number of rotatable bonds is 8. The number of ether oxygens (including phenoxy) is 3. The summed E-state index contributed by atoms with van der Waals surface area (Å²) < 4.78 is 16.2. The predicted molar refractivity (Wildman–Crippen MR) is 83.2 cm³/mol. The highest BCUT2D eigenvalue weighted by molar-refractivity contribution is 7.09. The van der Waals surface area contributed by atoms with E-state index in [2.05, 4.69) is 0 Å². The molecule has 5 heteroatoms. The second-order valence-corrected chi connectivity index (χ2v) is 5.72. The summed E-state index contributed by atoms with van der Waals surface area (Å²) in [6.45, 7) is 2.94. The van der Waals surface area contributed by atoms with Gasteiger partial charge in [0.1, 0.15) is 24.2 Å². The number of aliphatic hydroxyl groups excluding tert-OH is 1. The van der Waals surface area contributed by atoms with E-state index in [0.29, 0.717) is 12.4 Å². The minimum atomic E-state index is -0.646. The van der Waals surface area contributed by atoms with Crippen LogP contribution in [0.2, 0.25) is 0 Å². The van der Waals surface area contributed by atoms with Gasteiger partial charge in [-0.15, -0.1) is 11.3 Å². The molecule has 0 radical (unpaired) electrons. The minimum Gasteiger partial charge on any atom is -0.496 e. The number of aliphatic hydroxyl groups is 1. The summed E-state index contributed by atoms with van der Waals surface area (Å²) in [5.74, 6) is 1.53. The maximum atomic E-state index is 9.84. The Morgan fingerprint density at radius 3 is 2.76 bits per heavy atom. The second kappa shape index (κ2) is 8.02. The molecule has 2 aromatic rings. The first-order valence-electron chi connectivity index (χ1n) is 6.74. The van der Waals surface area contributed by atoms with Gasteiger partial charge >= 0.3 is 0 Å². The van der Waals surface area contributed by atoms with Crippen molar-refractivity contribution in [3.05, 3.63) is 46.2 Å². The van der Waals surface area contributed by atoms with E-state index >= 15 is 0 Å². The fourth-order valence-corrected chi connectivity index (χ4v) is 2.51. The molecule has 1 unspecified atom stereocenters. The Balaban J connectivity index is 1.70. The molecule has 0 spiro atoms. The molecule has 2 rings (SSSR count). The molecule has 1 aromatic carbocycles. The number of hydrogen-bond donors (Lipinski definition) is 1. The Kier molecular flexibility index (Phi) is 6.04. The van der Waals surface area contributed by atoms with Crippen LogP contribution in [0.5, 0.6) is 11.5 Å². The summed E-state index contributed by atoms with van der Waals surface area (Å²) in [5.41, 5.74) is 0.999. The van der Waals surface area contributed by atoms with E-state index in [4.69, 9.17) is 14.2 Å². The van der Waals surface area contributed by atoms with E-state index in [0.717, 1.165) is 16.2 Å². The van der Waals surface area contributed by atoms with E-state index in [-0.39, 0.29) is 13.2 Å². The topological polar surface area (TPSA) is 47.9 Å². The van der Waals surface area contributed by atoms with Crippen LogP contribution in [0, 0.1) is 6.92 Å². The standard InChI is InChI=1S/C16H20O4S/c1-12-8-14(5-6-16(12)18-2)20-10-13(17)9-19-11-15-4-3-7-21-15/h3-8,13,17H,9-11H2,1-2H3. The first-order chi connectivity index (χ1) is 10.2. The first kappa shape index (κ1) is 15.8. The smallest absolute Gasteiger partial charge is 0.122 e. The zero-order valence-corrected chi connectivity index (χ0v) is 13.1. The maximum absolute atomic E-state index is 9.84. The zero-order valence-electron chi connectivity index (χ0n) is 12.2. The molecule has 1 heterocycles. The SMILES string of the molecule is COc1ccc(OCC(O)COCc2cccs2)cc1C. The van der Waals surface area contributed by atoms with Gasteiger partial charge in [-0.3, -0.25) is 0 Å². The number of methoxy groups -OCH3 is 1. The highest BCUT2D eigenvalue weighted by Gasteiger charge is 2.07. The van der Waals surface area contributed by atoms with Crippen LogP contribution < -0.4 is 9.47 Å². The van der Waals surface area contributed by atoms with Gasteiger partial charge in [0.2, 0.25) is 0 Å². The van der Waals surface area contributed by atoms with Gasteiger partial charge in [-0.05, 0) is 42.1 Å². The van der Waals surface area contributed by atoms with Crippen LogP contribution >= 0.6 is 11.3 Å². The molecule has 21 heavy (non-hydrogen) atoms. The lowest BCUT2D eigenvalue weighted by Gasteiger charge is -2.13. The van der Waals surface area contributed by atoms with Gasteiger partial charge in [0.15, 0.2) is 0 Å². The quantitative estimate of drug-likeness (QED) is 0.814. The van der Waals surface area contributed by atoms with Crippen LogP contribution in [0.25, 0.3) is 0 Å². The molecule has 0 aliphatic heterocycles. The van der Waals surface area contributed by atoms with Gasteiger partial charge in [0, 0.05) is 4.88 Å². The van der Waals surface area contributed by atoms with Crippen molar-refractivity contribution in [2.24, 2.45) is 0 Å². The molecule has 0 aliphatic rings. The van der Waals surface area contributed by atoms with Crippen molar-refractivity contribution >= 4 is 11.3 Å². The monoisotopic (exact) mass is 308 g/mol. The van der Waals surface area contributed by atoms with Crippen LogP contribution in [-0.4, -0.2) is 31.5 Å². The summed E-state index contributed by atoms with van der Waals surface area (Å²) in [6, 6.07) is 9.55. The van der Waals surface area contributed by atoms with Crippen molar-refractivity contribution in [1.82, 2.24) is 0 Å². The van der Waals surface area contributed by atoms with E-state index in [9.17, 15) is 5.11 Å². The highest BCUT2D eigenvalue weighted by atomic mass is 32.1. The molecular formula is C16H20O4S. The second-order valence-electron chi connectivity index (χ2n) is 4.69. The molecule has 0 aliphatic carbocycles. The van der Waals surface area contributed by atoms with Crippen LogP contribution in [0.15, 0.2) is 35.7 Å². The fraction of sp³-hybridized carbons (Fsp3) is 0.375. The molecule has 1 N–H and O–H groups in total. The average molecular weight is 308 g/mol. The molecule has 0 saturated carbocycles. The summed E-state index contributed by atoms with van der Waals surface area (Å²) in [4.78, 5) is 1.15. The van der Waals surface area contributed by atoms with Crippen LogP contribution in [0.3, 0.4) is 0 Å². The maximum Gasteiger partial charge on any atom is 0.122 e. The highest BCUT2D eigenvalue weighted by Crippen LogP contribution is 2.23. The lowest BCUT2D eigenvalue weighted by molar-refractivity contribution is 0.00623. The summed E-state index contributed by atoms with van der Waals surface area (Å²) in [7, 11) is 1.64. The third-order valence-corrected chi connectivity index (χ3v) is 3.79. The van der Waals surface area contributed by atoms with Gasteiger partial charge < -0.3 is 19.3 Å². The lowest BCUT2D eigenvalue weighted by atomic mass is 10.2. The van der Waals surface area contributed by atoms with Crippen LogP contribution in [0.1, 0.15) is 10.4 Å². The molecule has 1 aromatic heterocycles. The number of benzene rings is 1. The van der Waals surface area contributed by atoms with Crippen molar-refractivity contribution in [1.29, 1.82) is 0 Å². The molecule has 4 nitrogen and oxygen atoms in total. The van der Waals surface area contributed by atoms with E-state index in [1.807, 2.05) is 42.6 Å². The van der Waals surface area contributed by atoms with Crippen LogP contribution in [0.4, 0.5) is 0 Å². The van der Waals surface area contributed by atoms with Gasteiger partial charge in [0.05, 0.1) is 20.3 Å². The molecule has 0 bridgehead atoms. The minimum absolute atomic E-state index is 0.205. The molecule has 0 saturated heterocycles. The number of aryl methyl sites for hydroxylation is 1.